The van der Waals surface area contributed by atoms with E-state index in [1.807, 2.05) is 48.5 Å². The van der Waals surface area contributed by atoms with Crippen molar-refractivity contribution in [3.05, 3.63) is 59.7 Å². The van der Waals surface area contributed by atoms with Crippen molar-refractivity contribution in [3.63, 3.8) is 0 Å². The predicted octanol–water partition coefficient (Wildman–Crippen LogP) is -4.24. The van der Waals surface area contributed by atoms with Crippen LogP contribution in [-0.4, -0.2) is 43.7 Å². The number of ether oxygens (including phenoxy) is 2. The molecule has 2 aromatic rings. The van der Waals surface area contributed by atoms with E-state index in [0.717, 1.165) is 22.6 Å². The summed E-state index contributed by atoms with van der Waals surface area (Å²) in [4.78, 5) is 5.66. The Morgan fingerprint density at radius 2 is 1.00 bits per heavy atom. The molecule has 0 spiro atoms. The van der Waals surface area contributed by atoms with Crippen LogP contribution in [0.2, 0.25) is 0 Å². The molecule has 2 aromatic carbocycles. The molecular formula is C18H28N6O6S. The summed E-state index contributed by atoms with van der Waals surface area (Å²) in [6, 6.07) is 15.4. The van der Waals surface area contributed by atoms with Crippen LogP contribution in [0.1, 0.15) is 11.1 Å². The van der Waals surface area contributed by atoms with Gasteiger partial charge in [0, 0.05) is 10.4 Å². The summed E-state index contributed by atoms with van der Waals surface area (Å²) in [5.74, 6) is 2.15. The van der Waals surface area contributed by atoms with E-state index in [1.165, 1.54) is 0 Å². The molecule has 0 bridgehead atoms. The van der Waals surface area contributed by atoms with E-state index in [0.29, 0.717) is 13.1 Å². The van der Waals surface area contributed by atoms with E-state index in [9.17, 15) is 0 Å². The third kappa shape index (κ3) is 17.1. The van der Waals surface area contributed by atoms with Gasteiger partial charge in [0.2, 0.25) is 0 Å². The number of rotatable bonds is 6. The van der Waals surface area contributed by atoms with Gasteiger partial charge in [0.15, 0.2) is 0 Å². The summed E-state index contributed by atoms with van der Waals surface area (Å²) in [5, 5.41) is 0. The van der Waals surface area contributed by atoms with Crippen LogP contribution in [0.5, 0.6) is 11.5 Å². The molecule has 10 N–H and O–H groups in total. The molecule has 0 aliphatic rings. The summed E-state index contributed by atoms with van der Waals surface area (Å²) in [5.41, 5.74) is 23.2. The van der Waals surface area contributed by atoms with Crippen LogP contribution in [0.15, 0.2) is 48.5 Å². The SMILES string of the molecule is COc1ccc(C[NH+]=C(N)N)cc1.COc1ccc(C[NH+]=C(N)N)cc1.O=S(=O)([O-])[O-]. The van der Waals surface area contributed by atoms with Gasteiger partial charge in [-0.25, -0.2) is 0 Å². The highest BCUT2D eigenvalue weighted by Gasteiger charge is 1.95. The van der Waals surface area contributed by atoms with Crippen molar-refractivity contribution in [2.45, 2.75) is 13.1 Å². The van der Waals surface area contributed by atoms with Gasteiger partial charge in [0.1, 0.15) is 11.5 Å². The van der Waals surface area contributed by atoms with E-state index >= 15 is 0 Å². The van der Waals surface area contributed by atoms with Gasteiger partial charge in [-0.1, -0.05) is 24.3 Å². The zero-order valence-corrected chi connectivity index (χ0v) is 18.0. The molecule has 172 valence electrons. The maximum Gasteiger partial charge on any atom is 0.339 e. The van der Waals surface area contributed by atoms with Crippen LogP contribution in [0.3, 0.4) is 0 Å². The van der Waals surface area contributed by atoms with Gasteiger partial charge >= 0.3 is 11.9 Å². The van der Waals surface area contributed by atoms with Crippen molar-refractivity contribution in [2.24, 2.45) is 22.9 Å². The van der Waals surface area contributed by atoms with Crippen LogP contribution in [0.4, 0.5) is 0 Å². The van der Waals surface area contributed by atoms with E-state index in [-0.39, 0.29) is 11.9 Å². The quantitative estimate of drug-likeness (QED) is 0.106. The first kappa shape index (κ1) is 27.5. The van der Waals surface area contributed by atoms with Crippen molar-refractivity contribution in [1.29, 1.82) is 0 Å². The fraction of sp³-hybridized carbons (Fsp3) is 0.222. The van der Waals surface area contributed by atoms with Gasteiger partial charge in [-0.2, -0.15) is 0 Å². The molecule has 0 heterocycles. The molecule has 31 heavy (non-hydrogen) atoms. The van der Waals surface area contributed by atoms with Gasteiger partial charge in [0.05, 0.1) is 27.3 Å². The average Bonchev–Trinajstić information content (AvgIpc) is 2.70. The highest BCUT2D eigenvalue weighted by molar-refractivity contribution is 7.79. The number of nitrogens with two attached hydrogens (primary N) is 4. The minimum atomic E-state index is -5.17. The van der Waals surface area contributed by atoms with Gasteiger partial charge in [-0.3, -0.25) is 41.3 Å². The number of hydrogen-bond acceptors (Lipinski definition) is 6. The Morgan fingerprint density at radius 3 is 1.19 bits per heavy atom. The molecule has 0 amide bonds. The lowest BCUT2D eigenvalue weighted by atomic mass is 10.2. The zero-order chi connectivity index (χ0) is 23.9. The van der Waals surface area contributed by atoms with Crippen molar-refractivity contribution >= 4 is 22.3 Å². The highest BCUT2D eigenvalue weighted by atomic mass is 32.3. The second-order valence-electron chi connectivity index (χ2n) is 5.72. The molecule has 0 atom stereocenters. The van der Waals surface area contributed by atoms with Crippen molar-refractivity contribution in [1.82, 2.24) is 0 Å². The number of methoxy groups -OCH3 is 2. The molecule has 12 nitrogen and oxygen atoms in total. The number of hydrogen-bond donors (Lipinski definition) is 6. The second-order valence-corrected chi connectivity index (χ2v) is 6.54. The summed E-state index contributed by atoms with van der Waals surface area (Å²) >= 11 is 0. The number of guanidine groups is 2. The molecule has 0 aromatic heterocycles. The highest BCUT2D eigenvalue weighted by Crippen LogP contribution is 2.10. The topological polar surface area (TPSA) is 231 Å². The first-order valence-electron chi connectivity index (χ1n) is 8.60. The van der Waals surface area contributed by atoms with E-state index in [2.05, 4.69) is 9.98 Å². The van der Waals surface area contributed by atoms with Gasteiger partial charge < -0.3 is 18.6 Å². The summed E-state index contributed by atoms with van der Waals surface area (Å²) in [6.45, 7) is 1.26. The molecule has 0 unspecified atom stereocenters. The Balaban J connectivity index is 0.000000479. The van der Waals surface area contributed by atoms with Crippen molar-refractivity contribution in [3.8, 4) is 11.5 Å². The van der Waals surface area contributed by atoms with E-state index < -0.39 is 10.4 Å². The molecule has 0 saturated carbocycles. The molecule has 0 saturated heterocycles. The number of nitrogens with one attached hydrogen (secondary N) is 2. The Bertz CT molecular complexity index is 852. The van der Waals surface area contributed by atoms with Crippen LogP contribution >= 0.6 is 0 Å². The molecule has 0 radical (unpaired) electrons. The molecule has 2 rings (SSSR count). The monoisotopic (exact) mass is 456 g/mol. The van der Waals surface area contributed by atoms with Crippen LogP contribution in [0.25, 0.3) is 0 Å². The first-order chi connectivity index (χ1) is 14.4. The third-order valence-electron chi connectivity index (χ3n) is 3.31. The largest absolute Gasteiger partial charge is 0.759 e. The molecule has 0 fully saturated rings. The lowest BCUT2D eigenvalue weighted by Gasteiger charge is -2.06. The molecular weight excluding hydrogens is 428 g/mol. The first-order valence-corrected chi connectivity index (χ1v) is 9.94. The maximum absolute atomic E-state index is 8.52. The van der Waals surface area contributed by atoms with Crippen LogP contribution in [0, 0.1) is 0 Å². The van der Waals surface area contributed by atoms with Crippen molar-refractivity contribution < 1.29 is 37.0 Å². The minimum absolute atomic E-state index is 0.232. The average molecular weight is 457 g/mol. The second kappa shape index (κ2) is 14.4. The zero-order valence-electron chi connectivity index (χ0n) is 17.2. The van der Waals surface area contributed by atoms with Crippen LogP contribution < -0.4 is 42.4 Å². The van der Waals surface area contributed by atoms with Crippen LogP contribution in [-0.2, 0) is 23.5 Å². The smallest absolute Gasteiger partial charge is 0.339 e. The summed E-state index contributed by atoms with van der Waals surface area (Å²) in [6.07, 6.45) is 0. The Kier molecular flexibility index (Phi) is 12.8. The maximum atomic E-state index is 8.52. The normalized spacial score (nSPS) is 9.68. The third-order valence-corrected chi connectivity index (χ3v) is 3.31. The van der Waals surface area contributed by atoms with Gasteiger partial charge in [0.25, 0.3) is 0 Å². The lowest BCUT2D eigenvalue weighted by Crippen LogP contribution is -2.76. The molecule has 13 heteroatoms. The fourth-order valence-electron chi connectivity index (χ4n) is 1.90. The summed E-state index contributed by atoms with van der Waals surface area (Å²) in [7, 11) is -1.89. The fourth-order valence-corrected chi connectivity index (χ4v) is 1.90. The number of benzene rings is 2. The lowest BCUT2D eigenvalue weighted by molar-refractivity contribution is -0.477. The summed E-state index contributed by atoms with van der Waals surface area (Å²) < 4.78 is 44.1. The Morgan fingerprint density at radius 1 is 0.742 bits per heavy atom. The molecule has 0 aliphatic carbocycles. The van der Waals surface area contributed by atoms with E-state index in [1.54, 1.807) is 14.2 Å². The Hall–Kier alpha value is -3.55. The van der Waals surface area contributed by atoms with Gasteiger partial charge in [-0.15, -0.1) is 0 Å². The predicted molar refractivity (Wildman–Crippen MR) is 113 cm³/mol. The Labute approximate surface area is 181 Å². The minimum Gasteiger partial charge on any atom is -0.759 e. The standard InChI is InChI=1S/2C9H13N3O.H2O4S/c2*1-13-8-4-2-7(3-5-8)6-12-9(10)11;1-5(2,3)4/h2*2-5H,6H2,1H3,(H4,10,11,12);(H2,1,2,3,4). The van der Waals surface area contributed by atoms with Gasteiger partial charge in [-0.05, 0) is 35.4 Å². The molecule has 0 aliphatic heterocycles. The van der Waals surface area contributed by atoms with E-state index in [4.69, 9.17) is 49.9 Å². The van der Waals surface area contributed by atoms with Crippen molar-refractivity contribution in [2.75, 3.05) is 14.2 Å².